The second-order valence-electron chi connectivity index (χ2n) is 4.13. The molecule has 2 rings (SSSR count). The van der Waals surface area contributed by atoms with E-state index in [1.165, 1.54) is 17.8 Å². The van der Waals surface area contributed by atoms with Gasteiger partial charge in [0, 0.05) is 10.6 Å². The average Bonchev–Trinajstić information content (AvgIpc) is 2.45. The number of benzene rings is 2. The van der Waals surface area contributed by atoms with Crippen LogP contribution in [0, 0.1) is 0 Å². The topological polar surface area (TPSA) is 74.6 Å². The predicted octanol–water partition coefficient (Wildman–Crippen LogP) is 3.38. The van der Waals surface area contributed by atoms with E-state index in [4.69, 9.17) is 10.2 Å². The van der Waals surface area contributed by atoms with Gasteiger partial charge in [-0.15, -0.1) is 11.8 Å². The van der Waals surface area contributed by atoms with E-state index in [-0.39, 0.29) is 11.1 Å². The standard InChI is InChI=1S/C15H12O4S/c16-14(17)11-4-1-3-10(7-11)9-20-13-6-2-5-12(8-13)15(18)19/h1-8H,9H2,(H,16,17)(H,18,19). The molecule has 102 valence electrons. The van der Waals surface area contributed by atoms with E-state index in [9.17, 15) is 9.59 Å². The molecule has 0 aliphatic carbocycles. The summed E-state index contributed by atoms with van der Waals surface area (Å²) < 4.78 is 0. The maximum Gasteiger partial charge on any atom is 0.335 e. The SMILES string of the molecule is O=C(O)c1cccc(CSc2cccc(C(=O)O)c2)c1. The van der Waals surface area contributed by atoms with Gasteiger partial charge < -0.3 is 10.2 Å². The Labute approximate surface area is 120 Å². The molecule has 0 radical (unpaired) electrons. The largest absolute Gasteiger partial charge is 0.478 e. The fourth-order valence-corrected chi connectivity index (χ4v) is 2.58. The van der Waals surface area contributed by atoms with Crippen LogP contribution in [-0.2, 0) is 5.75 Å². The summed E-state index contributed by atoms with van der Waals surface area (Å²) in [6, 6.07) is 13.4. The quantitative estimate of drug-likeness (QED) is 0.825. The van der Waals surface area contributed by atoms with Crippen molar-refractivity contribution in [3.8, 4) is 0 Å². The second-order valence-corrected chi connectivity index (χ2v) is 5.18. The lowest BCUT2D eigenvalue weighted by molar-refractivity contribution is 0.0686. The molecule has 20 heavy (non-hydrogen) atoms. The van der Waals surface area contributed by atoms with Gasteiger partial charge in [0.2, 0.25) is 0 Å². The number of hydrogen-bond acceptors (Lipinski definition) is 3. The summed E-state index contributed by atoms with van der Waals surface area (Å²) in [5.74, 6) is -1.32. The lowest BCUT2D eigenvalue weighted by Gasteiger charge is -2.04. The monoisotopic (exact) mass is 288 g/mol. The normalized spacial score (nSPS) is 10.2. The number of rotatable bonds is 5. The van der Waals surface area contributed by atoms with Gasteiger partial charge in [0.15, 0.2) is 0 Å². The molecule has 2 N–H and O–H groups in total. The highest BCUT2D eigenvalue weighted by Gasteiger charge is 2.06. The molecule has 0 heterocycles. The van der Waals surface area contributed by atoms with Crippen molar-refractivity contribution in [2.75, 3.05) is 0 Å². The zero-order valence-electron chi connectivity index (χ0n) is 10.4. The van der Waals surface area contributed by atoms with E-state index in [0.717, 1.165) is 10.5 Å². The van der Waals surface area contributed by atoms with Crippen molar-refractivity contribution in [1.82, 2.24) is 0 Å². The fraction of sp³-hybridized carbons (Fsp3) is 0.0667. The minimum atomic E-state index is -0.958. The number of carbonyl (C=O) groups is 2. The van der Waals surface area contributed by atoms with Crippen LogP contribution in [-0.4, -0.2) is 22.2 Å². The highest BCUT2D eigenvalue weighted by atomic mass is 32.2. The van der Waals surface area contributed by atoms with Gasteiger partial charge in [0.05, 0.1) is 11.1 Å². The summed E-state index contributed by atoms with van der Waals surface area (Å²) in [5, 5.41) is 17.8. The predicted molar refractivity (Wildman–Crippen MR) is 76.4 cm³/mol. The number of carboxylic acid groups (broad SMARTS) is 2. The highest BCUT2D eigenvalue weighted by molar-refractivity contribution is 7.98. The number of thioether (sulfide) groups is 1. The van der Waals surface area contributed by atoms with Crippen molar-refractivity contribution in [1.29, 1.82) is 0 Å². The Morgan fingerprint density at radius 3 is 2.15 bits per heavy atom. The maximum absolute atomic E-state index is 10.9. The Bertz CT molecular complexity index is 594. The summed E-state index contributed by atoms with van der Waals surface area (Å²) in [5.41, 5.74) is 1.38. The minimum Gasteiger partial charge on any atom is -0.478 e. The van der Waals surface area contributed by atoms with Gasteiger partial charge >= 0.3 is 11.9 Å². The molecule has 0 unspecified atom stereocenters. The van der Waals surface area contributed by atoms with E-state index in [2.05, 4.69) is 0 Å². The van der Waals surface area contributed by atoms with Crippen LogP contribution in [0.15, 0.2) is 53.4 Å². The Morgan fingerprint density at radius 1 is 0.900 bits per heavy atom. The van der Waals surface area contributed by atoms with Crippen LogP contribution in [0.4, 0.5) is 0 Å². The van der Waals surface area contributed by atoms with Crippen LogP contribution in [0.25, 0.3) is 0 Å². The molecule has 0 saturated carbocycles. The smallest absolute Gasteiger partial charge is 0.335 e. The summed E-state index contributed by atoms with van der Waals surface area (Å²) in [6.45, 7) is 0. The lowest BCUT2D eigenvalue weighted by atomic mass is 10.1. The summed E-state index contributed by atoms with van der Waals surface area (Å²) in [4.78, 5) is 22.6. The first-order chi connectivity index (χ1) is 9.56. The third-order valence-corrected chi connectivity index (χ3v) is 3.73. The zero-order valence-corrected chi connectivity index (χ0v) is 11.3. The van der Waals surface area contributed by atoms with Gasteiger partial charge in [-0.1, -0.05) is 18.2 Å². The molecule has 0 aliphatic heterocycles. The van der Waals surface area contributed by atoms with Gasteiger partial charge in [-0.25, -0.2) is 9.59 Å². The van der Waals surface area contributed by atoms with E-state index < -0.39 is 11.9 Å². The van der Waals surface area contributed by atoms with Crippen LogP contribution in [0.5, 0.6) is 0 Å². The molecule has 0 aromatic heterocycles. The molecule has 2 aromatic rings. The summed E-state index contributed by atoms with van der Waals surface area (Å²) in [6.07, 6.45) is 0. The van der Waals surface area contributed by atoms with Crippen LogP contribution in [0.1, 0.15) is 26.3 Å². The van der Waals surface area contributed by atoms with Crippen molar-refractivity contribution in [3.05, 3.63) is 65.2 Å². The molecule has 4 nitrogen and oxygen atoms in total. The van der Waals surface area contributed by atoms with E-state index >= 15 is 0 Å². The van der Waals surface area contributed by atoms with E-state index in [1.54, 1.807) is 30.3 Å². The van der Waals surface area contributed by atoms with Gasteiger partial charge in [-0.05, 0) is 35.9 Å². The zero-order chi connectivity index (χ0) is 14.5. The third kappa shape index (κ3) is 3.61. The fourth-order valence-electron chi connectivity index (χ4n) is 1.68. The molecule has 0 fully saturated rings. The Hall–Kier alpha value is -2.27. The van der Waals surface area contributed by atoms with Crippen molar-refractivity contribution >= 4 is 23.7 Å². The molecule has 0 saturated heterocycles. The van der Waals surface area contributed by atoms with Crippen LogP contribution in [0.2, 0.25) is 0 Å². The van der Waals surface area contributed by atoms with Crippen LogP contribution < -0.4 is 0 Å². The van der Waals surface area contributed by atoms with Crippen molar-refractivity contribution < 1.29 is 19.8 Å². The van der Waals surface area contributed by atoms with Crippen molar-refractivity contribution in [2.45, 2.75) is 10.6 Å². The molecule has 5 heteroatoms. The molecule has 0 atom stereocenters. The number of carboxylic acids is 2. The Kier molecular flexibility index (Phi) is 4.42. The lowest BCUT2D eigenvalue weighted by Crippen LogP contribution is -1.97. The van der Waals surface area contributed by atoms with Crippen molar-refractivity contribution in [3.63, 3.8) is 0 Å². The first-order valence-corrected chi connectivity index (χ1v) is 6.83. The van der Waals surface area contributed by atoms with Crippen molar-refractivity contribution in [2.24, 2.45) is 0 Å². The van der Waals surface area contributed by atoms with E-state index in [1.807, 2.05) is 12.1 Å². The Morgan fingerprint density at radius 2 is 1.50 bits per heavy atom. The molecule has 0 aliphatic rings. The van der Waals surface area contributed by atoms with E-state index in [0.29, 0.717) is 5.75 Å². The van der Waals surface area contributed by atoms with Gasteiger partial charge in [-0.2, -0.15) is 0 Å². The molecule has 0 amide bonds. The first-order valence-electron chi connectivity index (χ1n) is 5.84. The number of aromatic carboxylic acids is 2. The summed E-state index contributed by atoms with van der Waals surface area (Å²) >= 11 is 1.47. The van der Waals surface area contributed by atoms with Gasteiger partial charge in [0.1, 0.15) is 0 Å². The van der Waals surface area contributed by atoms with Gasteiger partial charge in [0.25, 0.3) is 0 Å². The third-order valence-electron chi connectivity index (χ3n) is 2.66. The summed E-state index contributed by atoms with van der Waals surface area (Å²) in [7, 11) is 0. The highest BCUT2D eigenvalue weighted by Crippen LogP contribution is 2.24. The average molecular weight is 288 g/mol. The van der Waals surface area contributed by atoms with Crippen LogP contribution in [0.3, 0.4) is 0 Å². The van der Waals surface area contributed by atoms with Crippen LogP contribution >= 0.6 is 11.8 Å². The maximum atomic E-state index is 10.9. The molecular formula is C15H12O4S. The second kappa shape index (κ2) is 6.25. The molecule has 2 aromatic carbocycles. The van der Waals surface area contributed by atoms with Gasteiger partial charge in [-0.3, -0.25) is 0 Å². The molecule has 0 bridgehead atoms. The molecule has 0 spiro atoms. The Balaban J connectivity index is 2.08. The molecular weight excluding hydrogens is 276 g/mol. The minimum absolute atomic E-state index is 0.245. The number of hydrogen-bond donors (Lipinski definition) is 2. The first kappa shape index (κ1) is 14.1.